The number of hydrogen-bond acceptors (Lipinski definition) is 5. The van der Waals surface area contributed by atoms with Gasteiger partial charge in [-0.2, -0.15) is 0 Å². The van der Waals surface area contributed by atoms with Crippen molar-refractivity contribution in [3.63, 3.8) is 0 Å². The van der Waals surface area contributed by atoms with E-state index in [4.69, 9.17) is 16.7 Å². The Bertz CT molecular complexity index is 604. The first kappa shape index (κ1) is 13.6. The molecule has 0 saturated carbocycles. The highest BCUT2D eigenvalue weighted by atomic mass is 35.5. The van der Waals surface area contributed by atoms with Crippen LogP contribution in [-0.2, 0) is 4.79 Å². The molecule has 1 aliphatic rings. The maximum Gasteiger partial charge on any atom is 0.409 e. The van der Waals surface area contributed by atoms with Crippen molar-refractivity contribution < 1.29 is 19.2 Å². The van der Waals surface area contributed by atoms with Gasteiger partial charge in [0.2, 0.25) is 0 Å². The molecule has 0 amide bonds. The summed E-state index contributed by atoms with van der Waals surface area (Å²) in [5.41, 5.74) is -0.644. The van der Waals surface area contributed by atoms with Gasteiger partial charge in [0.1, 0.15) is 11.5 Å². The number of nitrogens with zero attached hydrogens (tertiary/aromatic N) is 1. The minimum atomic E-state index is -1.63. The SMILES string of the molecule is O=C(O)C(=C1CSc2c(ccc(F)c2Cl)N1)[N+](=O)[O-]. The van der Waals surface area contributed by atoms with Gasteiger partial charge in [-0.25, -0.2) is 9.18 Å². The van der Waals surface area contributed by atoms with E-state index in [1.807, 2.05) is 0 Å². The largest absolute Gasteiger partial charge is 0.473 e. The number of carboxylic acids is 1. The van der Waals surface area contributed by atoms with Gasteiger partial charge in [-0.1, -0.05) is 11.6 Å². The molecule has 6 nitrogen and oxygen atoms in total. The lowest BCUT2D eigenvalue weighted by Gasteiger charge is -2.20. The molecular formula is C10H6ClFN2O4S. The van der Waals surface area contributed by atoms with E-state index in [2.05, 4.69) is 5.32 Å². The van der Waals surface area contributed by atoms with Crippen molar-refractivity contribution in [3.8, 4) is 0 Å². The van der Waals surface area contributed by atoms with Crippen molar-refractivity contribution in [2.75, 3.05) is 11.1 Å². The van der Waals surface area contributed by atoms with Gasteiger partial charge in [-0.3, -0.25) is 10.1 Å². The number of rotatable bonds is 2. The third-order valence-corrected chi connectivity index (χ3v) is 3.99. The van der Waals surface area contributed by atoms with Crippen LogP contribution in [0.5, 0.6) is 0 Å². The minimum Gasteiger partial charge on any atom is -0.473 e. The molecule has 0 bridgehead atoms. The van der Waals surface area contributed by atoms with Crippen molar-refractivity contribution in [1.82, 2.24) is 0 Å². The quantitative estimate of drug-likeness (QED) is 0.495. The fourth-order valence-electron chi connectivity index (χ4n) is 1.56. The van der Waals surface area contributed by atoms with Crippen LogP contribution in [0.3, 0.4) is 0 Å². The summed E-state index contributed by atoms with van der Waals surface area (Å²) in [6, 6.07) is 2.45. The van der Waals surface area contributed by atoms with Crippen molar-refractivity contribution in [2.45, 2.75) is 4.90 Å². The number of carbonyl (C=O) groups is 1. The monoisotopic (exact) mass is 304 g/mol. The van der Waals surface area contributed by atoms with Gasteiger partial charge in [0.15, 0.2) is 0 Å². The van der Waals surface area contributed by atoms with Gasteiger partial charge in [0, 0.05) is 5.75 Å². The third-order valence-electron chi connectivity index (χ3n) is 2.37. The molecule has 0 fully saturated rings. The zero-order chi connectivity index (χ0) is 14.2. The predicted molar refractivity (Wildman–Crippen MR) is 67.4 cm³/mol. The van der Waals surface area contributed by atoms with Gasteiger partial charge < -0.3 is 10.4 Å². The molecule has 0 atom stereocenters. The van der Waals surface area contributed by atoms with Gasteiger partial charge in [-0.15, -0.1) is 11.8 Å². The molecule has 2 N–H and O–H groups in total. The molecule has 0 aromatic heterocycles. The average Bonchev–Trinajstić information content (AvgIpc) is 2.33. The Morgan fingerprint density at radius 2 is 2.26 bits per heavy atom. The molecule has 1 aromatic rings. The first-order valence-corrected chi connectivity index (χ1v) is 6.27. The highest BCUT2D eigenvalue weighted by Gasteiger charge is 2.30. The molecule has 9 heteroatoms. The lowest BCUT2D eigenvalue weighted by atomic mass is 10.2. The van der Waals surface area contributed by atoms with Crippen molar-refractivity contribution >= 4 is 35.0 Å². The van der Waals surface area contributed by atoms with E-state index in [1.54, 1.807) is 0 Å². The van der Waals surface area contributed by atoms with E-state index < -0.39 is 22.4 Å². The number of nitro groups is 1. The number of benzene rings is 1. The molecule has 19 heavy (non-hydrogen) atoms. The van der Waals surface area contributed by atoms with Crippen LogP contribution in [0.25, 0.3) is 0 Å². The molecule has 0 radical (unpaired) electrons. The molecule has 0 aliphatic carbocycles. The van der Waals surface area contributed by atoms with E-state index in [9.17, 15) is 19.3 Å². The summed E-state index contributed by atoms with van der Waals surface area (Å²) in [7, 11) is 0. The van der Waals surface area contributed by atoms with Gasteiger partial charge in [0.05, 0.1) is 20.5 Å². The fraction of sp³-hybridized carbons (Fsp3) is 0.100. The molecule has 100 valence electrons. The van der Waals surface area contributed by atoms with E-state index in [0.717, 1.165) is 17.8 Å². The van der Waals surface area contributed by atoms with Gasteiger partial charge in [0.25, 0.3) is 0 Å². The number of fused-ring (bicyclic) bond motifs is 1. The van der Waals surface area contributed by atoms with E-state index in [0.29, 0.717) is 10.6 Å². The topological polar surface area (TPSA) is 92.5 Å². The summed E-state index contributed by atoms with van der Waals surface area (Å²) in [5, 5.41) is 22.0. The molecule has 1 aliphatic heterocycles. The number of carboxylic acid groups (broad SMARTS) is 1. The zero-order valence-corrected chi connectivity index (χ0v) is 10.7. The Kier molecular flexibility index (Phi) is 3.63. The number of hydrogen-bond donors (Lipinski definition) is 2. The van der Waals surface area contributed by atoms with Crippen LogP contribution < -0.4 is 5.32 Å². The second-order valence-electron chi connectivity index (χ2n) is 3.54. The van der Waals surface area contributed by atoms with Gasteiger partial charge >= 0.3 is 11.7 Å². The predicted octanol–water partition coefficient (Wildman–Crippen LogP) is 2.57. The molecule has 0 saturated heterocycles. The maximum absolute atomic E-state index is 13.2. The second-order valence-corrected chi connectivity index (χ2v) is 4.90. The summed E-state index contributed by atoms with van der Waals surface area (Å²) in [6.07, 6.45) is 0. The molecule has 0 unspecified atom stereocenters. The Morgan fingerprint density at radius 1 is 1.58 bits per heavy atom. The number of thioether (sulfide) groups is 1. The second kappa shape index (κ2) is 5.06. The van der Waals surface area contributed by atoms with Crippen molar-refractivity contribution in [3.05, 3.63) is 44.5 Å². The molecule has 2 rings (SSSR count). The van der Waals surface area contributed by atoms with Crippen LogP contribution in [0.4, 0.5) is 10.1 Å². The lowest BCUT2D eigenvalue weighted by molar-refractivity contribution is -0.422. The van der Waals surface area contributed by atoms with E-state index >= 15 is 0 Å². The highest BCUT2D eigenvalue weighted by Crippen LogP contribution is 2.41. The van der Waals surface area contributed by atoms with Crippen LogP contribution in [0.15, 0.2) is 28.4 Å². The molecule has 1 aromatic carbocycles. The van der Waals surface area contributed by atoms with Gasteiger partial charge in [-0.05, 0) is 12.1 Å². The normalized spacial score (nSPS) is 16.3. The summed E-state index contributed by atoms with van der Waals surface area (Å²) >= 11 is 6.80. The summed E-state index contributed by atoms with van der Waals surface area (Å²) in [5.74, 6) is -2.24. The first-order chi connectivity index (χ1) is 8.91. The Hall–Kier alpha value is -1.80. The highest BCUT2D eigenvalue weighted by molar-refractivity contribution is 7.99. The standard InChI is InChI=1S/C10H6ClFN2O4S/c11-7-4(12)1-2-5-9(7)19-3-6(13-5)8(10(15)16)14(17)18/h1-2,13H,3H2,(H,15,16). The van der Waals surface area contributed by atoms with Crippen molar-refractivity contribution in [2.24, 2.45) is 0 Å². The minimum absolute atomic E-state index is 0.00120. The zero-order valence-electron chi connectivity index (χ0n) is 9.15. The van der Waals surface area contributed by atoms with Crippen LogP contribution in [-0.4, -0.2) is 21.8 Å². The molecule has 0 spiro atoms. The average molecular weight is 305 g/mol. The van der Waals surface area contributed by atoms with E-state index in [1.165, 1.54) is 6.07 Å². The Morgan fingerprint density at radius 3 is 2.84 bits per heavy atom. The third kappa shape index (κ3) is 2.49. The summed E-state index contributed by atoms with van der Waals surface area (Å²) in [4.78, 5) is 21.0. The van der Waals surface area contributed by atoms with Crippen molar-refractivity contribution in [1.29, 1.82) is 0 Å². The number of anilines is 1. The van der Waals surface area contributed by atoms with Crippen LogP contribution in [0.2, 0.25) is 5.02 Å². The smallest absolute Gasteiger partial charge is 0.409 e. The summed E-state index contributed by atoms with van der Waals surface area (Å²) in [6.45, 7) is 0. The first-order valence-electron chi connectivity index (χ1n) is 4.90. The fourth-order valence-corrected chi connectivity index (χ4v) is 2.88. The van der Waals surface area contributed by atoms with E-state index in [-0.39, 0.29) is 16.5 Å². The number of halogens is 2. The molecular weight excluding hydrogens is 299 g/mol. The number of aliphatic carboxylic acids is 1. The molecule has 1 heterocycles. The maximum atomic E-state index is 13.2. The van der Waals surface area contributed by atoms with Crippen LogP contribution in [0.1, 0.15) is 0 Å². The lowest BCUT2D eigenvalue weighted by Crippen LogP contribution is -2.21. The Labute approximate surface area is 115 Å². The summed E-state index contributed by atoms with van der Waals surface area (Å²) < 4.78 is 13.2. The Balaban J connectivity index is 2.48. The van der Waals surface area contributed by atoms with Crippen LogP contribution in [0, 0.1) is 15.9 Å². The van der Waals surface area contributed by atoms with Crippen LogP contribution >= 0.6 is 23.4 Å². The number of nitrogens with one attached hydrogen (secondary N) is 1.